The monoisotopic (exact) mass is 255 g/mol. The van der Waals surface area contributed by atoms with Crippen molar-refractivity contribution in [2.24, 2.45) is 0 Å². The zero-order valence-electron chi connectivity index (χ0n) is 9.41. The Morgan fingerprint density at radius 2 is 2.29 bits per heavy atom. The molecule has 0 aromatic carbocycles. The standard InChI is InChI=1S/C10H13N3O3S/c1-16-10(15)11-5-8(14)13-9-12-6-3-2-4-7(6)17-9/h2-5H2,1H3,(H,11,15)(H,12,13,14). The number of rotatable bonds is 3. The molecule has 17 heavy (non-hydrogen) atoms. The second-order valence-corrected chi connectivity index (χ2v) is 4.72. The van der Waals surface area contributed by atoms with Crippen molar-refractivity contribution < 1.29 is 14.3 Å². The summed E-state index contributed by atoms with van der Waals surface area (Å²) in [4.78, 5) is 27.8. The number of nitrogens with zero attached hydrogens (tertiary/aromatic N) is 1. The van der Waals surface area contributed by atoms with Crippen molar-refractivity contribution in [3.05, 3.63) is 10.6 Å². The van der Waals surface area contributed by atoms with Gasteiger partial charge in [0, 0.05) is 4.88 Å². The summed E-state index contributed by atoms with van der Waals surface area (Å²) >= 11 is 1.50. The van der Waals surface area contributed by atoms with Crippen molar-refractivity contribution in [2.75, 3.05) is 19.0 Å². The lowest BCUT2D eigenvalue weighted by atomic mass is 10.4. The van der Waals surface area contributed by atoms with E-state index in [2.05, 4.69) is 20.4 Å². The Balaban J connectivity index is 1.83. The number of hydrogen-bond acceptors (Lipinski definition) is 5. The summed E-state index contributed by atoms with van der Waals surface area (Å²) < 4.78 is 4.36. The van der Waals surface area contributed by atoms with Crippen LogP contribution in [0.15, 0.2) is 0 Å². The fraction of sp³-hybridized carbons (Fsp3) is 0.500. The van der Waals surface area contributed by atoms with Gasteiger partial charge in [-0.3, -0.25) is 4.79 Å². The van der Waals surface area contributed by atoms with Crippen LogP contribution in [-0.4, -0.2) is 30.6 Å². The maximum Gasteiger partial charge on any atom is 0.407 e. The van der Waals surface area contributed by atoms with E-state index >= 15 is 0 Å². The molecule has 1 aliphatic carbocycles. The number of aromatic nitrogens is 1. The van der Waals surface area contributed by atoms with Gasteiger partial charge in [0.15, 0.2) is 5.13 Å². The predicted octanol–water partition coefficient (Wildman–Crippen LogP) is 0.926. The highest BCUT2D eigenvalue weighted by Crippen LogP contribution is 2.30. The lowest BCUT2D eigenvalue weighted by Crippen LogP contribution is -2.32. The molecule has 1 aromatic rings. The summed E-state index contributed by atoms with van der Waals surface area (Å²) in [5, 5.41) is 5.56. The van der Waals surface area contributed by atoms with Crippen LogP contribution in [0.25, 0.3) is 0 Å². The van der Waals surface area contributed by atoms with Crippen LogP contribution in [0.4, 0.5) is 9.93 Å². The zero-order chi connectivity index (χ0) is 12.3. The minimum absolute atomic E-state index is 0.114. The van der Waals surface area contributed by atoms with Gasteiger partial charge in [0.2, 0.25) is 5.91 Å². The van der Waals surface area contributed by atoms with Gasteiger partial charge >= 0.3 is 6.09 Å². The first-order valence-corrected chi connectivity index (χ1v) is 6.11. The highest BCUT2D eigenvalue weighted by molar-refractivity contribution is 7.15. The van der Waals surface area contributed by atoms with Gasteiger partial charge in [0.1, 0.15) is 6.54 Å². The first-order valence-electron chi connectivity index (χ1n) is 5.29. The van der Waals surface area contributed by atoms with E-state index in [4.69, 9.17) is 0 Å². The van der Waals surface area contributed by atoms with E-state index in [9.17, 15) is 9.59 Å². The molecule has 7 heteroatoms. The van der Waals surface area contributed by atoms with Crippen LogP contribution in [0.3, 0.4) is 0 Å². The van der Waals surface area contributed by atoms with Crippen molar-refractivity contribution >= 4 is 28.5 Å². The molecule has 1 heterocycles. The molecule has 2 N–H and O–H groups in total. The largest absolute Gasteiger partial charge is 0.453 e. The molecular weight excluding hydrogens is 242 g/mol. The lowest BCUT2D eigenvalue weighted by molar-refractivity contribution is -0.115. The number of carbonyl (C=O) groups is 2. The number of thiazole rings is 1. The summed E-state index contributed by atoms with van der Waals surface area (Å²) in [7, 11) is 1.25. The summed E-state index contributed by atoms with van der Waals surface area (Å²) in [5.41, 5.74) is 1.09. The van der Waals surface area contributed by atoms with Crippen LogP contribution >= 0.6 is 11.3 Å². The molecule has 2 amide bonds. The molecule has 0 bridgehead atoms. The van der Waals surface area contributed by atoms with E-state index in [-0.39, 0.29) is 12.5 Å². The topological polar surface area (TPSA) is 80.3 Å². The predicted molar refractivity (Wildman–Crippen MR) is 63.2 cm³/mol. The molecule has 1 aromatic heterocycles. The van der Waals surface area contributed by atoms with Crippen LogP contribution in [0.2, 0.25) is 0 Å². The van der Waals surface area contributed by atoms with Crippen LogP contribution < -0.4 is 10.6 Å². The number of ether oxygens (including phenoxy) is 1. The molecule has 2 rings (SSSR count). The molecule has 0 saturated carbocycles. The summed E-state index contributed by atoms with van der Waals surface area (Å²) in [5.74, 6) is -0.303. The molecule has 0 radical (unpaired) electrons. The summed E-state index contributed by atoms with van der Waals surface area (Å²) in [6, 6.07) is 0. The maximum absolute atomic E-state index is 11.4. The van der Waals surface area contributed by atoms with Gasteiger partial charge in [-0.05, 0) is 19.3 Å². The Morgan fingerprint density at radius 3 is 3.00 bits per heavy atom. The lowest BCUT2D eigenvalue weighted by Gasteiger charge is -2.03. The Morgan fingerprint density at radius 1 is 1.47 bits per heavy atom. The van der Waals surface area contributed by atoms with Crippen molar-refractivity contribution in [3.8, 4) is 0 Å². The average molecular weight is 255 g/mol. The molecular formula is C10H13N3O3S. The van der Waals surface area contributed by atoms with E-state index < -0.39 is 6.09 Å². The first kappa shape index (κ1) is 11.8. The van der Waals surface area contributed by atoms with Gasteiger partial charge in [-0.1, -0.05) is 0 Å². The number of hydrogen-bond donors (Lipinski definition) is 2. The van der Waals surface area contributed by atoms with E-state index in [1.807, 2.05) is 0 Å². The third-order valence-corrected chi connectivity index (χ3v) is 3.49. The number of fused-ring (bicyclic) bond motifs is 1. The van der Waals surface area contributed by atoms with Crippen molar-refractivity contribution in [1.82, 2.24) is 10.3 Å². The fourth-order valence-electron chi connectivity index (χ4n) is 1.63. The fourth-order valence-corrected chi connectivity index (χ4v) is 2.70. The first-order chi connectivity index (χ1) is 8.19. The number of alkyl carbamates (subject to hydrolysis) is 1. The third-order valence-electron chi connectivity index (χ3n) is 2.42. The maximum atomic E-state index is 11.4. The average Bonchev–Trinajstić information content (AvgIpc) is 2.86. The molecule has 1 aliphatic rings. The number of nitrogens with one attached hydrogen (secondary N) is 2. The molecule has 0 atom stereocenters. The van der Waals surface area contributed by atoms with Gasteiger partial charge in [0.05, 0.1) is 12.8 Å². The SMILES string of the molecule is COC(=O)NCC(=O)Nc1nc2c(s1)CCC2. The van der Waals surface area contributed by atoms with Crippen LogP contribution in [0.1, 0.15) is 17.0 Å². The minimum atomic E-state index is -0.623. The van der Waals surface area contributed by atoms with Crippen molar-refractivity contribution in [3.63, 3.8) is 0 Å². The molecule has 0 saturated heterocycles. The van der Waals surface area contributed by atoms with E-state index in [1.54, 1.807) is 0 Å². The van der Waals surface area contributed by atoms with Gasteiger partial charge in [-0.15, -0.1) is 11.3 Å². The highest BCUT2D eigenvalue weighted by Gasteiger charge is 2.17. The van der Waals surface area contributed by atoms with Crippen LogP contribution in [-0.2, 0) is 22.4 Å². The third kappa shape index (κ3) is 2.94. The summed E-state index contributed by atoms with van der Waals surface area (Å²) in [6.07, 6.45) is 2.55. The number of carbonyl (C=O) groups excluding carboxylic acids is 2. The molecule has 92 valence electrons. The Hall–Kier alpha value is -1.63. The number of aryl methyl sites for hydroxylation is 2. The van der Waals surface area contributed by atoms with Crippen LogP contribution in [0, 0.1) is 0 Å². The smallest absolute Gasteiger partial charge is 0.407 e. The second-order valence-electron chi connectivity index (χ2n) is 3.64. The van der Waals surface area contributed by atoms with Gasteiger partial charge in [0.25, 0.3) is 0 Å². The van der Waals surface area contributed by atoms with Gasteiger partial charge in [-0.25, -0.2) is 9.78 Å². The van der Waals surface area contributed by atoms with Crippen LogP contribution in [0.5, 0.6) is 0 Å². The molecule has 0 unspecified atom stereocenters. The zero-order valence-corrected chi connectivity index (χ0v) is 10.2. The number of methoxy groups -OCH3 is 1. The Bertz CT molecular complexity index is 423. The second kappa shape index (κ2) is 5.13. The molecule has 0 spiro atoms. The van der Waals surface area contributed by atoms with Crippen molar-refractivity contribution in [1.29, 1.82) is 0 Å². The van der Waals surface area contributed by atoms with E-state index in [0.29, 0.717) is 5.13 Å². The van der Waals surface area contributed by atoms with Gasteiger partial charge < -0.3 is 15.4 Å². The Kier molecular flexibility index (Phi) is 3.58. The molecule has 0 fully saturated rings. The van der Waals surface area contributed by atoms with Crippen molar-refractivity contribution in [2.45, 2.75) is 19.3 Å². The Labute approximate surface area is 102 Å². The molecule has 0 aliphatic heterocycles. The van der Waals surface area contributed by atoms with E-state index in [0.717, 1.165) is 25.0 Å². The summed E-state index contributed by atoms with van der Waals surface area (Å²) in [6.45, 7) is -0.114. The minimum Gasteiger partial charge on any atom is -0.453 e. The quantitative estimate of drug-likeness (QED) is 0.842. The molecule has 6 nitrogen and oxygen atoms in total. The normalized spacial score (nSPS) is 13.0. The number of amides is 2. The highest BCUT2D eigenvalue weighted by atomic mass is 32.1. The van der Waals surface area contributed by atoms with Gasteiger partial charge in [-0.2, -0.15) is 0 Å². The van der Waals surface area contributed by atoms with E-state index in [1.165, 1.54) is 23.3 Å². The number of anilines is 1.